The van der Waals surface area contributed by atoms with Crippen molar-refractivity contribution in [1.29, 1.82) is 0 Å². The van der Waals surface area contributed by atoms with Crippen LogP contribution in [0.1, 0.15) is 30.6 Å². The summed E-state index contributed by atoms with van der Waals surface area (Å²) in [5.74, 6) is -0.281. The maximum absolute atomic E-state index is 12.9. The second-order valence-electron chi connectivity index (χ2n) is 6.37. The standard InChI is InChI=1S/C20H21N3O3/c1-13-10-19(25)22-17-8-3-4-9-18(17)23(13)20(26)12-21-16-7-5-6-15(11-16)14(2)24/h3-9,11,13,21H,10,12H2,1-2H3,(H,22,25)/t13-/m1/s1. The van der Waals surface area contributed by atoms with E-state index in [2.05, 4.69) is 10.6 Å². The SMILES string of the molecule is CC(=O)c1cccc(NCC(=O)N2c3ccccc3NC(=O)C[C@H]2C)c1. The third-order valence-electron chi connectivity index (χ3n) is 4.34. The molecule has 0 saturated heterocycles. The van der Waals surface area contributed by atoms with E-state index in [0.717, 1.165) is 0 Å². The fourth-order valence-corrected chi connectivity index (χ4v) is 3.08. The van der Waals surface area contributed by atoms with Crippen LogP contribution < -0.4 is 15.5 Å². The number of carbonyl (C=O) groups is 3. The number of nitrogens with zero attached hydrogens (tertiary/aromatic N) is 1. The van der Waals surface area contributed by atoms with Crippen LogP contribution in [0, 0.1) is 0 Å². The summed E-state index contributed by atoms with van der Waals surface area (Å²) >= 11 is 0. The minimum Gasteiger partial charge on any atom is -0.376 e. The molecule has 6 heteroatoms. The first kappa shape index (κ1) is 17.7. The first-order chi connectivity index (χ1) is 12.5. The molecule has 1 heterocycles. The Hall–Kier alpha value is -3.15. The van der Waals surface area contributed by atoms with Crippen LogP contribution in [-0.4, -0.2) is 30.2 Å². The Balaban J connectivity index is 1.79. The summed E-state index contributed by atoms with van der Waals surface area (Å²) in [6.45, 7) is 3.42. The highest BCUT2D eigenvalue weighted by Gasteiger charge is 2.29. The predicted molar refractivity (Wildman–Crippen MR) is 102 cm³/mol. The van der Waals surface area contributed by atoms with Gasteiger partial charge in [0.2, 0.25) is 11.8 Å². The molecule has 26 heavy (non-hydrogen) atoms. The van der Waals surface area contributed by atoms with Gasteiger partial charge in [-0.1, -0.05) is 24.3 Å². The maximum Gasteiger partial charge on any atom is 0.246 e. The molecule has 2 aromatic carbocycles. The van der Waals surface area contributed by atoms with Gasteiger partial charge in [0.1, 0.15) is 0 Å². The second-order valence-corrected chi connectivity index (χ2v) is 6.37. The number of fused-ring (bicyclic) bond motifs is 1. The summed E-state index contributed by atoms with van der Waals surface area (Å²) in [7, 11) is 0. The topological polar surface area (TPSA) is 78.5 Å². The summed E-state index contributed by atoms with van der Waals surface area (Å²) < 4.78 is 0. The van der Waals surface area contributed by atoms with E-state index in [4.69, 9.17) is 0 Å². The van der Waals surface area contributed by atoms with E-state index < -0.39 is 0 Å². The van der Waals surface area contributed by atoms with Crippen LogP contribution >= 0.6 is 0 Å². The van der Waals surface area contributed by atoms with Crippen molar-refractivity contribution in [2.24, 2.45) is 0 Å². The molecule has 0 saturated carbocycles. The van der Waals surface area contributed by atoms with Gasteiger partial charge in [-0.05, 0) is 38.1 Å². The van der Waals surface area contributed by atoms with Gasteiger partial charge in [-0.2, -0.15) is 0 Å². The minimum atomic E-state index is -0.253. The number of Topliss-reactive ketones (excluding diaryl/α,β-unsaturated/α-hetero) is 1. The summed E-state index contributed by atoms with van der Waals surface area (Å²) in [5.41, 5.74) is 2.62. The molecule has 1 aliphatic rings. The molecule has 2 N–H and O–H groups in total. The summed E-state index contributed by atoms with van der Waals surface area (Å²) in [5, 5.41) is 5.91. The van der Waals surface area contributed by atoms with E-state index in [1.807, 2.05) is 31.2 Å². The fourth-order valence-electron chi connectivity index (χ4n) is 3.08. The first-order valence-corrected chi connectivity index (χ1v) is 8.51. The van der Waals surface area contributed by atoms with Crippen LogP contribution in [0.15, 0.2) is 48.5 Å². The number of rotatable bonds is 4. The number of benzene rings is 2. The highest BCUT2D eigenvalue weighted by Crippen LogP contribution is 2.31. The van der Waals surface area contributed by atoms with Gasteiger partial charge in [-0.25, -0.2) is 0 Å². The Morgan fingerprint density at radius 3 is 2.73 bits per heavy atom. The monoisotopic (exact) mass is 351 g/mol. The van der Waals surface area contributed by atoms with Gasteiger partial charge >= 0.3 is 0 Å². The number of nitrogens with one attached hydrogen (secondary N) is 2. The number of para-hydroxylation sites is 2. The average Bonchev–Trinajstić information content (AvgIpc) is 2.74. The van der Waals surface area contributed by atoms with Crippen molar-refractivity contribution >= 4 is 34.7 Å². The maximum atomic E-state index is 12.9. The van der Waals surface area contributed by atoms with Crippen molar-refractivity contribution in [3.05, 3.63) is 54.1 Å². The summed E-state index contributed by atoms with van der Waals surface area (Å²) in [4.78, 5) is 38.0. The van der Waals surface area contributed by atoms with Crippen LogP contribution in [0.4, 0.5) is 17.1 Å². The number of ketones is 1. The van der Waals surface area contributed by atoms with E-state index in [1.165, 1.54) is 6.92 Å². The third kappa shape index (κ3) is 3.74. The smallest absolute Gasteiger partial charge is 0.246 e. The van der Waals surface area contributed by atoms with Gasteiger partial charge in [-0.3, -0.25) is 14.4 Å². The van der Waals surface area contributed by atoms with Crippen molar-refractivity contribution < 1.29 is 14.4 Å². The molecule has 0 aromatic heterocycles. The van der Waals surface area contributed by atoms with Gasteiger partial charge in [0.15, 0.2) is 5.78 Å². The fraction of sp³-hybridized carbons (Fsp3) is 0.250. The molecule has 0 unspecified atom stereocenters. The normalized spacial score (nSPS) is 16.3. The molecule has 3 rings (SSSR count). The third-order valence-corrected chi connectivity index (χ3v) is 4.34. The average molecular weight is 351 g/mol. The van der Waals surface area contributed by atoms with E-state index >= 15 is 0 Å². The molecule has 0 aliphatic carbocycles. The number of anilines is 3. The van der Waals surface area contributed by atoms with Crippen molar-refractivity contribution in [2.45, 2.75) is 26.3 Å². The summed E-state index contributed by atoms with van der Waals surface area (Å²) in [6.07, 6.45) is 0.236. The van der Waals surface area contributed by atoms with E-state index in [0.29, 0.717) is 22.6 Å². The number of hydrogen-bond donors (Lipinski definition) is 2. The molecule has 2 aromatic rings. The lowest BCUT2D eigenvalue weighted by Crippen LogP contribution is -2.42. The van der Waals surface area contributed by atoms with Gasteiger partial charge in [0, 0.05) is 23.7 Å². The Bertz CT molecular complexity index is 863. The molecule has 1 atom stereocenters. The van der Waals surface area contributed by atoms with Crippen LogP contribution in [0.2, 0.25) is 0 Å². The second kappa shape index (κ2) is 7.39. The van der Waals surface area contributed by atoms with Gasteiger partial charge < -0.3 is 15.5 Å². The highest BCUT2D eigenvalue weighted by molar-refractivity contribution is 6.05. The lowest BCUT2D eigenvalue weighted by Gasteiger charge is -2.28. The van der Waals surface area contributed by atoms with Crippen LogP contribution in [0.3, 0.4) is 0 Å². The van der Waals surface area contributed by atoms with Gasteiger partial charge in [0.25, 0.3) is 0 Å². The number of hydrogen-bond acceptors (Lipinski definition) is 4. The van der Waals surface area contributed by atoms with Crippen molar-refractivity contribution in [3.63, 3.8) is 0 Å². The molecule has 0 bridgehead atoms. The van der Waals surface area contributed by atoms with Crippen molar-refractivity contribution in [3.8, 4) is 0 Å². The molecule has 0 fully saturated rings. The zero-order valence-electron chi connectivity index (χ0n) is 14.8. The molecule has 0 radical (unpaired) electrons. The largest absolute Gasteiger partial charge is 0.376 e. The lowest BCUT2D eigenvalue weighted by atomic mass is 10.1. The van der Waals surface area contributed by atoms with Crippen LogP contribution in [0.25, 0.3) is 0 Å². The Morgan fingerprint density at radius 2 is 1.96 bits per heavy atom. The van der Waals surface area contributed by atoms with E-state index in [-0.39, 0.29) is 36.6 Å². The lowest BCUT2D eigenvalue weighted by molar-refractivity contribution is -0.118. The van der Waals surface area contributed by atoms with Crippen molar-refractivity contribution in [2.75, 3.05) is 22.1 Å². The molecule has 6 nitrogen and oxygen atoms in total. The minimum absolute atomic E-state index is 0.0281. The molecule has 0 spiro atoms. The number of amides is 2. The predicted octanol–water partition coefficient (Wildman–Crippen LogP) is 3.07. The quantitative estimate of drug-likeness (QED) is 0.830. The Kier molecular flexibility index (Phi) is 5.02. The van der Waals surface area contributed by atoms with Crippen LogP contribution in [0.5, 0.6) is 0 Å². The molecular formula is C20H21N3O3. The zero-order chi connectivity index (χ0) is 18.7. The summed E-state index contributed by atoms with van der Waals surface area (Å²) in [6, 6.07) is 14.1. The van der Waals surface area contributed by atoms with Crippen molar-refractivity contribution in [1.82, 2.24) is 0 Å². The first-order valence-electron chi connectivity index (χ1n) is 8.51. The molecule has 1 aliphatic heterocycles. The van der Waals surface area contributed by atoms with Gasteiger partial charge in [0.05, 0.1) is 17.9 Å². The number of carbonyl (C=O) groups excluding carboxylic acids is 3. The Labute approximate surface area is 152 Å². The van der Waals surface area contributed by atoms with E-state index in [9.17, 15) is 14.4 Å². The molecule has 2 amide bonds. The van der Waals surface area contributed by atoms with Gasteiger partial charge in [-0.15, -0.1) is 0 Å². The van der Waals surface area contributed by atoms with E-state index in [1.54, 1.807) is 29.2 Å². The Morgan fingerprint density at radius 1 is 1.19 bits per heavy atom. The molecule has 134 valence electrons. The zero-order valence-corrected chi connectivity index (χ0v) is 14.8. The van der Waals surface area contributed by atoms with Crippen LogP contribution in [-0.2, 0) is 9.59 Å². The molecular weight excluding hydrogens is 330 g/mol. The highest BCUT2D eigenvalue weighted by atomic mass is 16.2.